The van der Waals surface area contributed by atoms with Crippen LogP contribution in [-0.4, -0.2) is 25.6 Å². The van der Waals surface area contributed by atoms with Gasteiger partial charge in [-0.2, -0.15) is 0 Å². The van der Waals surface area contributed by atoms with Crippen LogP contribution in [0.4, 0.5) is 5.69 Å². The fourth-order valence-electron chi connectivity index (χ4n) is 1.60. The van der Waals surface area contributed by atoms with Crippen LogP contribution in [-0.2, 0) is 4.79 Å². The van der Waals surface area contributed by atoms with Crippen molar-refractivity contribution < 1.29 is 9.53 Å². The van der Waals surface area contributed by atoms with Crippen molar-refractivity contribution in [3.8, 4) is 5.75 Å². The molecule has 1 atom stereocenters. The highest BCUT2D eigenvalue weighted by molar-refractivity contribution is 5.81. The highest BCUT2D eigenvalue weighted by Gasteiger charge is 2.05. The predicted octanol–water partition coefficient (Wildman–Crippen LogP) is 2.33. The summed E-state index contributed by atoms with van der Waals surface area (Å²) < 4.78 is 5.19. The van der Waals surface area contributed by atoms with Gasteiger partial charge in [0.05, 0.1) is 13.7 Å². The second-order valence-corrected chi connectivity index (χ2v) is 4.41. The van der Waals surface area contributed by atoms with Crippen molar-refractivity contribution in [2.75, 3.05) is 19.0 Å². The Morgan fingerprint density at radius 2 is 2.17 bits per heavy atom. The molecule has 0 aliphatic heterocycles. The number of nitrogens with one attached hydrogen (secondary N) is 2. The molecule has 1 aromatic carbocycles. The van der Waals surface area contributed by atoms with E-state index in [1.165, 1.54) is 0 Å². The fraction of sp³-hybridized carbons (Fsp3) is 0.500. The molecule has 18 heavy (non-hydrogen) atoms. The van der Waals surface area contributed by atoms with Gasteiger partial charge < -0.3 is 15.4 Å². The zero-order chi connectivity index (χ0) is 13.5. The van der Waals surface area contributed by atoms with E-state index in [4.69, 9.17) is 4.74 Å². The van der Waals surface area contributed by atoms with E-state index in [2.05, 4.69) is 10.6 Å². The van der Waals surface area contributed by atoms with E-state index in [-0.39, 0.29) is 18.5 Å². The predicted molar refractivity (Wildman–Crippen MR) is 74.1 cm³/mol. The van der Waals surface area contributed by atoms with Gasteiger partial charge in [-0.3, -0.25) is 4.79 Å². The summed E-state index contributed by atoms with van der Waals surface area (Å²) in [6, 6.07) is 5.99. The monoisotopic (exact) mass is 250 g/mol. The van der Waals surface area contributed by atoms with Crippen LogP contribution in [0, 0.1) is 6.92 Å². The molecule has 0 aliphatic carbocycles. The van der Waals surface area contributed by atoms with Crippen LogP contribution in [0.1, 0.15) is 25.8 Å². The van der Waals surface area contributed by atoms with Gasteiger partial charge in [0.25, 0.3) is 0 Å². The molecular formula is C14H22N2O2. The number of hydrogen-bond donors (Lipinski definition) is 2. The molecule has 0 fully saturated rings. The first-order chi connectivity index (χ1) is 8.56. The summed E-state index contributed by atoms with van der Waals surface area (Å²) in [5.41, 5.74) is 1.97. The summed E-state index contributed by atoms with van der Waals surface area (Å²) in [7, 11) is 1.65. The normalized spacial score (nSPS) is 11.8. The molecule has 2 N–H and O–H groups in total. The van der Waals surface area contributed by atoms with Gasteiger partial charge in [-0.1, -0.05) is 6.92 Å². The number of carbonyl (C=O) groups excluding carboxylic acids is 1. The summed E-state index contributed by atoms with van der Waals surface area (Å²) in [6.45, 7) is 6.31. The maximum absolute atomic E-state index is 11.6. The molecule has 4 nitrogen and oxygen atoms in total. The minimum Gasteiger partial charge on any atom is -0.496 e. The summed E-state index contributed by atoms with van der Waals surface area (Å²) in [5.74, 6) is 0.863. The molecule has 0 bridgehead atoms. The molecule has 1 unspecified atom stereocenters. The number of carbonyl (C=O) groups is 1. The van der Waals surface area contributed by atoms with Crippen molar-refractivity contribution in [1.29, 1.82) is 0 Å². The maximum Gasteiger partial charge on any atom is 0.239 e. The van der Waals surface area contributed by atoms with Crippen molar-refractivity contribution >= 4 is 11.6 Å². The van der Waals surface area contributed by atoms with E-state index in [9.17, 15) is 4.79 Å². The molecule has 0 radical (unpaired) electrons. The first-order valence-corrected chi connectivity index (χ1v) is 6.24. The molecule has 1 aromatic rings. The Bertz CT molecular complexity index is 405. The highest BCUT2D eigenvalue weighted by Crippen LogP contribution is 2.21. The van der Waals surface area contributed by atoms with Crippen molar-refractivity contribution in [2.45, 2.75) is 33.2 Å². The lowest BCUT2D eigenvalue weighted by Gasteiger charge is -2.13. The molecule has 0 saturated carbocycles. The van der Waals surface area contributed by atoms with E-state index < -0.39 is 0 Å². The van der Waals surface area contributed by atoms with E-state index in [0.29, 0.717) is 0 Å². The van der Waals surface area contributed by atoms with E-state index in [1.54, 1.807) is 7.11 Å². The third-order valence-electron chi connectivity index (χ3n) is 2.87. The van der Waals surface area contributed by atoms with Gasteiger partial charge >= 0.3 is 0 Å². The average Bonchev–Trinajstić information content (AvgIpc) is 2.36. The smallest absolute Gasteiger partial charge is 0.239 e. The minimum absolute atomic E-state index is 0.0119. The van der Waals surface area contributed by atoms with Crippen LogP contribution < -0.4 is 15.4 Å². The SMILES string of the molecule is CCC(C)NC(=O)CNc1ccc(OC)c(C)c1. The molecule has 4 heteroatoms. The van der Waals surface area contributed by atoms with Gasteiger partial charge in [0.15, 0.2) is 0 Å². The van der Waals surface area contributed by atoms with Crippen molar-refractivity contribution in [3.05, 3.63) is 23.8 Å². The molecule has 0 saturated heterocycles. The zero-order valence-electron chi connectivity index (χ0n) is 11.5. The first kappa shape index (κ1) is 14.4. The zero-order valence-corrected chi connectivity index (χ0v) is 11.5. The summed E-state index contributed by atoms with van der Waals surface area (Å²) in [4.78, 5) is 11.6. The van der Waals surface area contributed by atoms with Crippen molar-refractivity contribution in [3.63, 3.8) is 0 Å². The Morgan fingerprint density at radius 1 is 1.44 bits per heavy atom. The lowest BCUT2D eigenvalue weighted by molar-refractivity contribution is -0.120. The van der Waals surface area contributed by atoms with Gasteiger partial charge in [0.2, 0.25) is 5.91 Å². The molecular weight excluding hydrogens is 228 g/mol. The highest BCUT2D eigenvalue weighted by atomic mass is 16.5. The van der Waals surface area contributed by atoms with Gasteiger partial charge in [0, 0.05) is 11.7 Å². The number of methoxy groups -OCH3 is 1. The Balaban J connectivity index is 2.48. The van der Waals surface area contributed by atoms with Crippen molar-refractivity contribution in [2.24, 2.45) is 0 Å². The summed E-state index contributed by atoms with van der Waals surface area (Å²) in [5, 5.41) is 6.01. The lowest BCUT2D eigenvalue weighted by Crippen LogP contribution is -2.36. The largest absolute Gasteiger partial charge is 0.496 e. The topological polar surface area (TPSA) is 50.4 Å². The quantitative estimate of drug-likeness (QED) is 0.814. The summed E-state index contributed by atoms with van der Waals surface area (Å²) in [6.07, 6.45) is 0.938. The van der Waals surface area contributed by atoms with Crippen LogP contribution in [0.5, 0.6) is 5.75 Å². The Morgan fingerprint density at radius 3 is 2.72 bits per heavy atom. The Kier molecular flexibility index (Phi) is 5.49. The Labute approximate surface area is 109 Å². The van der Waals surface area contributed by atoms with Gasteiger partial charge in [-0.15, -0.1) is 0 Å². The molecule has 1 amide bonds. The number of benzene rings is 1. The van der Waals surface area contributed by atoms with Crippen LogP contribution >= 0.6 is 0 Å². The Hall–Kier alpha value is -1.71. The molecule has 0 aliphatic rings. The number of amides is 1. The molecule has 100 valence electrons. The van der Waals surface area contributed by atoms with Gasteiger partial charge in [-0.05, 0) is 44.0 Å². The fourth-order valence-corrected chi connectivity index (χ4v) is 1.60. The van der Waals surface area contributed by atoms with E-state index >= 15 is 0 Å². The maximum atomic E-state index is 11.6. The minimum atomic E-state index is 0.0119. The molecule has 1 rings (SSSR count). The van der Waals surface area contributed by atoms with E-state index in [0.717, 1.165) is 23.4 Å². The summed E-state index contributed by atoms with van der Waals surface area (Å²) >= 11 is 0. The second-order valence-electron chi connectivity index (χ2n) is 4.41. The van der Waals surface area contributed by atoms with Crippen LogP contribution in [0.25, 0.3) is 0 Å². The second kappa shape index (κ2) is 6.89. The standard InChI is InChI=1S/C14H22N2O2/c1-5-11(3)16-14(17)9-15-12-6-7-13(18-4)10(2)8-12/h6-8,11,15H,5,9H2,1-4H3,(H,16,17). The van der Waals surface area contributed by atoms with Gasteiger partial charge in [0.1, 0.15) is 5.75 Å². The van der Waals surface area contributed by atoms with Crippen LogP contribution in [0.2, 0.25) is 0 Å². The number of rotatable bonds is 6. The molecule has 0 aromatic heterocycles. The third-order valence-corrected chi connectivity index (χ3v) is 2.87. The lowest BCUT2D eigenvalue weighted by atomic mass is 10.2. The van der Waals surface area contributed by atoms with Crippen molar-refractivity contribution in [1.82, 2.24) is 5.32 Å². The number of anilines is 1. The van der Waals surface area contributed by atoms with E-state index in [1.807, 2.05) is 39.0 Å². The van der Waals surface area contributed by atoms with Gasteiger partial charge in [-0.25, -0.2) is 0 Å². The third kappa shape index (κ3) is 4.28. The van der Waals surface area contributed by atoms with Crippen LogP contribution in [0.15, 0.2) is 18.2 Å². The number of ether oxygens (including phenoxy) is 1. The molecule has 0 spiro atoms. The number of aryl methyl sites for hydroxylation is 1. The van der Waals surface area contributed by atoms with Crippen LogP contribution in [0.3, 0.4) is 0 Å². The first-order valence-electron chi connectivity index (χ1n) is 6.24. The number of hydrogen-bond acceptors (Lipinski definition) is 3. The molecule has 0 heterocycles. The average molecular weight is 250 g/mol.